The van der Waals surface area contributed by atoms with Crippen molar-refractivity contribution in [2.45, 2.75) is 19.5 Å². The summed E-state index contributed by atoms with van der Waals surface area (Å²) in [5, 5.41) is 3.27. The van der Waals surface area contributed by atoms with Gasteiger partial charge in [-0.15, -0.1) is 0 Å². The minimum absolute atomic E-state index is 0.316. The Hall–Kier alpha value is -1.94. The Morgan fingerprint density at radius 1 is 1.10 bits per heavy atom. The molecule has 0 aliphatic carbocycles. The molecule has 4 heteroatoms. The molecule has 0 amide bonds. The van der Waals surface area contributed by atoms with Crippen molar-refractivity contribution < 1.29 is 8.78 Å². The smallest absolute Gasteiger partial charge is 0.128 e. The first-order chi connectivity index (χ1) is 9.97. The van der Waals surface area contributed by atoms with E-state index in [9.17, 15) is 8.78 Å². The topological polar surface area (TPSA) is 15.3 Å². The molecule has 0 fully saturated rings. The lowest BCUT2D eigenvalue weighted by atomic mass is 10.1. The van der Waals surface area contributed by atoms with Crippen molar-refractivity contribution >= 4 is 5.69 Å². The van der Waals surface area contributed by atoms with Gasteiger partial charge in [0.15, 0.2) is 0 Å². The molecule has 0 saturated heterocycles. The Morgan fingerprint density at radius 2 is 1.81 bits per heavy atom. The average Bonchev–Trinajstić information content (AvgIpc) is 2.43. The van der Waals surface area contributed by atoms with E-state index >= 15 is 0 Å². The van der Waals surface area contributed by atoms with Crippen molar-refractivity contribution in [3.05, 3.63) is 65.2 Å². The van der Waals surface area contributed by atoms with Crippen LogP contribution in [0.5, 0.6) is 0 Å². The molecule has 0 aromatic heterocycles. The van der Waals surface area contributed by atoms with Crippen LogP contribution < -0.4 is 5.32 Å². The van der Waals surface area contributed by atoms with Gasteiger partial charge >= 0.3 is 0 Å². The number of nitrogens with zero attached hydrogens (tertiary/aromatic N) is 1. The van der Waals surface area contributed by atoms with E-state index in [1.54, 1.807) is 0 Å². The van der Waals surface area contributed by atoms with Crippen LogP contribution in [-0.2, 0) is 6.54 Å². The van der Waals surface area contributed by atoms with Crippen molar-refractivity contribution in [1.29, 1.82) is 0 Å². The standard InChI is InChI=1S/C17H20F2N2/c1-12(15-10-14(18)8-9-16(15)19)20-17-7-5-4-6-13(17)11-21(2)3/h4-10,12,20H,11H2,1-3H3. The fourth-order valence-electron chi connectivity index (χ4n) is 2.30. The molecule has 0 spiro atoms. The van der Waals surface area contributed by atoms with Crippen LogP contribution >= 0.6 is 0 Å². The lowest BCUT2D eigenvalue weighted by molar-refractivity contribution is 0.403. The summed E-state index contributed by atoms with van der Waals surface area (Å²) >= 11 is 0. The number of para-hydroxylation sites is 1. The van der Waals surface area contributed by atoms with Crippen LogP contribution in [0.2, 0.25) is 0 Å². The third-order valence-corrected chi connectivity index (χ3v) is 3.30. The van der Waals surface area contributed by atoms with Gasteiger partial charge in [0.25, 0.3) is 0 Å². The number of hydrogen-bond acceptors (Lipinski definition) is 2. The summed E-state index contributed by atoms with van der Waals surface area (Å²) in [6.45, 7) is 2.60. The number of hydrogen-bond donors (Lipinski definition) is 1. The van der Waals surface area contributed by atoms with Crippen molar-refractivity contribution in [3.63, 3.8) is 0 Å². The lowest BCUT2D eigenvalue weighted by Crippen LogP contribution is -2.15. The Morgan fingerprint density at radius 3 is 2.52 bits per heavy atom. The second kappa shape index (κ2) is 6.68. The molecule has 0 radical (unpaired) electrons. The molecule has 0 bridgehead atoms. The number of rotatable bonds is 5. The van der Waals surface area contributed by atoms with Crippen LogP contribution in [0.15, 0.2) is 42.5 Å². The van der Waals surface area contributed by atoms with Crippen LogP contribution in [0.3, 0.4) is 0 Å². The largest absolute Gasteiger partial charge is 0.378 e. The maximum atomic E-state index is 13.8. The fourth-order valence-corrected chi connectivity index (χ4v) is 2.30. The molecule has 1 N–H and O–H groups in total. The molecule has 2 aromatic rings. The number of nitrogens with one attached hydrogen (secondary N) is 1. The molecule has 0 saturated carbocycles. The van der Waals surface area contributed by atoms with E-state index < -0.39 is 11.6 Å². The van der Waals surface area contributed by atoms with Gasteiger partial charge < -0.3 is 10.2 Å². The molecule has 0 aliphatic heterocycles. The molecule has 0 aliphatic rings. The minimum atomic E-state index is -0.429. The van der Waals surface area contributed by atoms with E-state index in [-0.39, 0.29) is 6.04 Å². The van der Waals surface area contributed by atoms with Crippen LogP contribution in [0.25, 0.3) is 0 Å². The Balaban J connectivity index is 2.23. The number of anilines is 1. The monoisotopic (exact) mass is 290 g/mol. The van der Waals surface area contributed by atoms with Gasteiger partial charge in [0.2, 0.25) is 0 Å². The summed E-state index contributed by atoms with van der Waals surface area (Å²) in [4.78, 5) is 2.06. The average molecular weight is 290 g/mol. The molecule has 1 unspecified atom stereocenters. The molecular formula is C17H20F2N2. The lowest BCUT2D eigenvalue weighted by Gasteiger charge is -2.20. The van der Waals surface area contributed by atoms with E-state index in [2.05, 4.69) is 10.2 Å². The zero-order valence-corrected chi connectivity index (χ0v) is 12.5. The SMILES string of the molecule is CC(Nc1ccccc1CN(C)C)c1cc(F)ccc1F. The number of halogens is 2. The summed E-state index contributed by atoms with van der Waals surface area (Å²) < 4.78 is 27.1. The summed E-state index contributed by atoms with van der Waals surface area (Å²) in [6.07, 6.45) is 0. The normalized spacial score (nSPS) is 12.5. The Labute approximate surface area is 124 Å². The Kier molecular flexibility index (Phi) is 4.91. The summed E-state index contributed by atoms with van der Waals surface area (Å²) in [5.41, 5.74) is 2.38. The highest BCUT2D eigenvalue weighted by Crippen LogP contribution is 2.25. The first-order valence-corrected chi connectivity index (χ1v) is 6.91. The van der Waals surface area contributed by atoms with Crippen molar-refractivity contribution in [2.24, 2.45) is 0 Å². The molecule has 1 atom stereocenters. The minimum Gasteiger partial charge on any atom is -0.378 e. The molecule has 2 nitrogen and oxygen atoms in total. The number of benzene rings is 2. The third-order valence-electron chi connectivity index (χ3n) is 3.30. The van der Waals surface area contributed by atoms with Crippen LogP contribution in [-0.4, -0.2) is 19.0 Å². The predicted molar refractivity (Wildman–Crippen MR) is 82.2 cm³/mol. The zero-order chi connectivity index (χ0) is 15.4. The van der Waals surface area contributed by atoms with Gasteiger partial charge in [0.05, 0.1) is 6.04 Å². The summed E-state index contributed by atoms with van der Waals surface area (Å²) in [5.74, 6) is -0.830. The maximum Gasteiger partial charge on any atom is 0.128 e. The highest BCUT2D eigenvalue weighted by Gasteiger charge is 2.13. The third kappa shape index (κ3) is 4.02. The maximum absolute atomic E-state index is 13.8. The van der Waals surface area contributed by atoms with Crippen LogP contribution in [0.1, 0.15) is 24.1 Å². The first kappa shape index (κ1) is 15.4. The van der Waals surface area contributed by atoms with Crippen molar-refractivity contribution in [1.82, 2.24) is 4.90 Å². The highest BCUT2D eigenvalue weighted by molar-refractivity contribution is 5.52. The van der Waals surface area contributed by atoms with Gasteiger partial charge in [0.1, 0.15) is 11.6 Å². The van der Waals surface area contributed by atoms with E-state index in [4.69, 9.17) is 0 Å². The molecular weight excluding hydrogens is 270 g/mol. The van der Waals surface area contributed by atoms with Gasteiger partial charge in [-0.25, -0.2) is 8.78 Å². The Bertz CT molecular complexity index is 611. The van der Waals surface area contributed by atoms with Crippen molar-refractivity contribution in [3.8, 4) is 0 Å². The van der Waals surface area contributed by atoms with Gasteiger partial charge in [-0.3, -0.25) is 0 Å². The highest BCUT2D eigenvalue weighted by atomic mass is 19.1. The quantitative estimate of drug-likeness (QED) is 0.888. The van der Waals surface area contributed by atoms with Crippen LogP contribution in [0.4, 0.5) is 14.5 Å². The van der Waals surface area contributed by atoms with E-state index in [0.717, 1.165) is 29.9 Å². The van der Waals surface area contributed by atoms with Gasteiger partial charge in [0, 0.05) is 17.8 Å². The summed E-state index contributed by atoms with van der Waals surface area (Å²) in [6, 6.07) is 11.1. The van der Waals surface area contributed by atoms with Crippen molar-refractivity contribution in [2.75, 3.05) is 19.4 Å². The second-order valence-corrected chi connectivity index (χ2v) is 5.43. The fraction of sp³-hybridized carbons (Fsp3) is 0.294. The van der Waals surface area contributed by atoms with Gasteiger partial charge in [-0.05, 0) is 50.8 Å². The molecule has 21 heavy (non-hydrogen) atoms. The molecule has 2 rings (SSSR count). The summed E-state index contributed by atoms with van der Waals surface area (Å²) in [7, 11) is 3.99. The first-order valence-electron chi connectivity index (χ1n) is 6.91. The molecule has 2 aromatic carbocycles. The van der Waals surface area contributed by atoms with Gasteiger partial charge in [-0.2, -0.15) is 0 Å². The van der Waals surface area contributed by atoms with E-state index in [0.29, 0.717) is 5.56 Å². The van der Waals surface area contributed by atoms with Gasteiger partial charge in [-0.1, -0.05) is 18.2 Å². The van der Waals surface area contributed by atoms with E-state index in [1.807, 2.05) is 45.3 Å². The van der Waals surface area contributed by atoms with E-state index in [1.165, 1.54) is 6.07 Å². The molecule has 112 valence electrons. The second-order valence-electron chi connectivity index (χ2n) is 5.43. The predicted octanol–water partition coefficient (Wildman–Crippen LogP) is 4.20. The zero-order valence-electron chi connectivity index (χ0n) is 12.5. The molecule has 0 heterocycles. The van der Waals surface area contributed by atoms with Crippen LogP contribution in [0, 0.1) is 11.6 Å².